The minimum Gasteiger partial charge on any atom is -0.333 e. The molecule has 0 saturated carbocycles. The first-order valence-corrected chi connectivity index (χ1v) is 6.89. The number of nitrogens with zero attached hydrogens (tertiary/aromatic N) is 1. The van der Waals surface area contributed by atoms with E-state index in [0.717, 1.165) is 19.5 Å². The lowest BCUT2D eigenvalue weighted by atomic mass is 10.1. The molecule has 98 valence electrons. The molecule has 0 aliphatic carbocycles. The summed E-state index contributed by atoms with van der Waals surface area (Å²) in [6, 6.07) is 4.76. The van der Waals surface area contributed by atoms with E-state index in [-0.39, 0.29) is 11.9 Å². The van der Waals surface area contributed by atoms with E-state index in [4.69, 9.17) is 0 Å². The number of amides is 1. The molecular weight excluding hydrogens is 299 g/mol. The molecule has 2 rings (SSSR count). The minimum atomic E-state index is -0.399. The number of carbonyl (C=O) groups is 1. The van der Waals surface area contributed by atoms with Crippen LogP contribution in [0.5, 0.6) is 0 Å². The quantitative estimate of drug-likeness (QED) is 0.925. The molecule has 0 radical (unpaired) electrons. The van der Waals surface area contributed by atoms with Crippen molar-refractivity contribution < 1.29 is 9.18 Å². The van der Waals surface area contributed by atoms with Crippen LogP contribution >= 0.6 is 15.9 Å². The summed E-state index contributed by atoms with van der Waals surface area (Å²) >= 11 is 3.09. The first-order valence-electron chi connectivity index (χ1n) is 6.10. The maximum atomic E-state index is 13.5. The molecule has 3 nitrogen and oxygen atoms in total. The molecule has 1 aromatic carbocycles. The summed E-state index contributed by atoms with van der Waals surface area (Å²) in [4.78, 5) is 14.2. The fourth-order valence-corrected chi connectivity index (χ4v) is 2.23. The lowest BCUT2D eigenvalue weighted by Crippen LogP contribution is -2.59. The number of carbonyl (C=O) groups excluding carboxylic acids is 1. The fraction of sp³-hybridized carbons (Fsp3) is 0.462. The first-order chi connectivity index (χ1) is 8.63. The van der Waals surface area contributed by atoms with Gasteiger partial charge in [0.15, 0.2) is 0 Å². The number of halogens is 2. The van der Waals surface area contributed by atoms with Crippen LogP contribution in [0.2, 0.25) is 0 Å². The third kappa shape index (κ3) is 2.72. The molecule has 1 saturated heterocycles. The molecule has 0 atom stereocenters. The van der Waals surface area contributed by atoms with Crippen LogP contribution in [0, 0.1) is 5.82 Å². The van der Waals surface area contributed by atoms with Crippen molar-refractivity contribution >= 4 is 21.8 Å². The lowest BCUT2D eigenvalue weighted by Gasteiger charge is -2.38. The average Bonchev–Trinajstić information content (AvgIpc) is 2.29. The number of rotatable bonds is 4. The highest BCUT2D eigenvalue weighted by Gasteiger charge is 2.28. The topological polar surface area (TPSA) is 32.3 Å². The van der Waals surface area contributed by atoms with Gasteiger partial charge in [0, 0.05) is 25.2 Å². The van der Waals surface area contributed by atoms with Crippen LogP contribution in [0.25, 0.3) is 0 Å². The molecule has 0 spiro atoms. The number of hydrogen-bond acceptors (Lipinski definition) is 2. The number of nitrogens with one attached hydrogen (secondary N) is 1. The molecule has 1 heterocycles. The van der Waals surface area contributed by atoms with Crippen molar-refractivity contribution in [2.24, 2.45) is 0 Å². The summed E-state index contributed by atoms with van der Waals surface area (Å²) in [6.45, 7) is 4.40. The van der Waals surface area contributed by atoms with Crippen LogP contribution in [-0.2, 0) is 0 Å². The van der Waals surface area contributed by atoms with Crippen molar-refractivity contribution in [3.8, 4) is 0 Å². The van der Waals surface area contributed by atoms with Crippen LogP contribution in [-0.4, -0.2) is 36.5 Å². The predicted molar refractivity (Wildman–Crippen MR) is 72.1 cm³/mol. The fourth-order valence-electron chi connectivity index (χ4n) is 1.98. The van der Waals surface area contributed by atoms with Gasteiger partial charge >= 0.3 is 0 Å². The highest BCUT2D eigenvalue weighted by atomic mass is 79.9. The highest BCUT2D eigenvalue weighted by molar-refractivity contribution is 9.10. The molecule has 1 fully saturated rings. The van der Waals surface area contributed by atoms with Crippen LogP contribution in [0.15, 0.2) is 22.7 Å². The van der Waals surface area contributed by atoms with E-state index in [1.54, 1.807) is 12.1 Å². The zero-order valence-corrected chi connectivity index (χ0v) is 11.8. The Morgan fingerprint density at radius 3 is 2.78 bits per heavy atom. The van der Waals surface area contributed by atoms with Crippen molar-refractivity contribution in [1.29, 1.82) is 0 Å². The van der Waals surface area contributed by atoms with E-state index in [1.807, 2.05) is 11.8 Å². The Bertz CT molecular complexity index is 449. The van der Waals surface area contributed by atoms with Gasteiger partial charge in [-0.2, -0.15) is 0 Å². The standard InChI is InChI=1S/C13H16BrFN2O/c1-2-5-17(10-7-16-8-10)13(18)9-3-4-11(14)12(15)6-9/h3-4,6,10,16H,2,5,7-8H2,1H3. The van der Waals surface area contributed by atoms with E-state index in [2.05, 4.69) is 21.2 Å². The minimum absolute atomic E-state index is 0.0882. The molecule has 1 aliphatic heterocycles. The molecule has 0 unspecified atom stereocenters. The average molecular weight is 315 g/mol. The molecule has 0 aromatic heterocycles. The van der Waals surface area contributed by atoms with Gasteiger partial charge in [-0.3, -0.25) is 4.79 Å². The Hall–Kier alpha value is -0.940. The maximum Gasteiger partial charge on any atom is 0.254 e. The van der Waals surface area contributed by atoms with E-state index in [9.17, 15) is 9.18 Å². The van der Waals surface area contributed by atoms with Gasteiger partial charge in [-0.05, 0) is 40.5 Å². The van der Waals surface area contributed by atoms with Gasteiger partial charge in [-0.1, -0.05) is 6.92 Å². The van der Waals surface area contributed by atoms with Crippen LogP contribution in [0.3, 0.4) is 0 Å². The van der Waals surface area contributed by atoms with Gasteiger partial charge < -0.3 is 10.2 Å². The SMILES string of the molecule is CCCN(C(=O)c1ccc(Br)c(F)c1)C1CNC1. The highest BCUT2D eigenvalue weighted by Crippen LogP contribution is 2.19. The first kappa shape index (κ1) is 13.5. The third-order valence-corrected chi connectivity index (χ3v) is 3.74. The maximum absolute atomic E-state index is 13.5. The summed E-state index contributed by atoms with van der Waals surface area (Å²) in [6.07, 6.45) is 0.904. The largest absolute Gasteiger partial charge is 0.333 e. The summed E-state index contributed by atoms with van der Waals surface area (Å²) in [5.74, 6) is -0.487. The summed E-state index contributed by atoms with van der Waals surface area (Å²) in [5, 5.41) is 3.15. The van der Waals surface area contributed by atoms with Crippen molar-refractivity contribution in [2.45, 2.75) is 19.4 Å². The Morgan fingerprint density at radius 2 is 2.28 bits per heavy atom. The van der Waals surface area contributed by atoms with Crippen LogP contribution < -0.4 is 5.32 Å². The Morgan fingerprint density at radius 1 is 1.56 bits per heavy atom. The van der Waals surface area contributed by atoms with Crippen molar-refractivity contribution in [1.82, 2.24) is 10.2 Å². The monoisotopic (exact) mass is 314 g/mol. The van der Waals surface area contributed by atoms with E-state index in [0.29, 0.717) is 16.6 Å². The van der Waals surface area contributed by atoms with Gasteiger partial charge in [-0.25, -0.2) is 4.39 Å². The summed E-state index contributed by atoms with van der Waals surface area (Å²) < 4.78 is 13.8. The second-order valence-electron chi connectivity index (χ2n) is 4.44. The number of hydrogen-bond donors (Lipinski definition) is 1. The van der Waals surface area contributed by atoms with E-state index < -0.39 is 5.82 Å². The summed E-state index contributed by atoms with van der Waals surface area (Å²) in [7, 11) is 0. The predicted octanol–water partition coefficient (Wildman–Crippen LogP) is 2.41. The van der Waals surface area contributed by atoms with Crippen molar-refractivity contribution in [2.75, 3.05) is 19.6 Å². The Balaban J connectivity index is 2.18. The van der Waals surface area contributed by atoms with Crippen molar-refractivity contribution in [3.63, 3.8) is 0 Å². The Labute approximate surface area is 114 Å². The third-order valence-electron chi connectivity index (χ3n) is 3.09. The van der Waals surface area contributed by atoms with Gasteiger partial charge in [0.2, 0.25) is 0 Å². The zero-order valence-electron chi connectivity index (χ0n) is 10.2. The molecule has 5 heteroatoms. The second-order valence-corrected chi connectivity index (χ2v) is 5.29. The molecule has 18 heavy (non-hydrogen) atoms. The number of benzene rings is 1. The molecule has 1 aromatic rings. The van der Waals surface area contributed by atoms with Gasteiger partial charge in [0.1, 0.15) is 5.82 Å². The normalized spacial score (nSPS) is 15.3. The summed E-state index contributed by atoms with van der Waals surface area (Å²) in [5.41, 5.74) is 0.413. The van der Waals surface area contributed by atoms with Crippen molar-refractivity contribution in [3.05, 3.63) is 34.1 Å². The van der Waals surface area contributed by atoms with Crippen LogP contribution in [0.1, 0.15) is 23.7 Å². The van der Waals surface area contributed by atoms with Gasteiger partial charge in [0.05, 0.1) is 10.5 Å². The Kier molecular flexibility index (Phi) is 4.35. The molecule has 1 amide bonds. The van der Waals surface area contributed by atoms with Gasteiger partial charge in [0.25, 0.3) is 5.91 Å². The lowest BCUT2D eigenvalue weighted by molar-refractivity contribution is 0.0615. The molecular formula is C13H16BrFN2O. The van der Waals surface area contributed by atoms with Crippen LogP contribution in [0.4, 0.5) is 4.39 Å². The van der Waals surface area contributed by atoms with Gasteiger partial charge in [-0.15, -0.1) is 0 Å². The molecule has 0 bridgehead atoms. The zero-order chi connectivity index (χ0) is 13.1. The molecule has 1 N–H and O–H groups in total. The van der Waals surface area contributed by atoms with E-state index in [1.165, 1.54) is 6.07 Å². The molecule has 1 aliphatic rings. The van der Waals surface area contributed by atoms with E-state index >= 15 is 0 Å². The smallest absolute Gasteiger partial charge is 0.254 e. The second kappa shape index (κ2) is 5.80.